The van der Waals surface area contributed by atoms with E-state index in [1.807, 2.05) is 13.8 Å². The van der Waals surface area contributed by atoms with Crippen LogP contribution in [0.4, 0.5) is 4.79 Å². The van der Waals surface area contributed by atoms with Gasteiger partial charge in [-0.25, -0.2) is 14.4 Å². The molecule has 0 heterocycles. The summed E-state index contributed by atoms with van der Waals surface area (Å²) in [6.45, 7) is 3.39. The SMILES string of the molecule is CC(C)CN(CC(O)C(=O)O)C(=O)NC(C(=O)O)c1ccccc1. The second-order valence-corrected chi connectivity index (χ2v) is 5.78. The van der Waals surface area contributed by atoms with Crippen LogP contribution < -0.4 is 5.32 Å². The fourth-order valence-electron chi connectivity index (χ4n) is 2.12. The Balaban J connectivity index is 2.91. The third kappa shape index (κ3) is 5.88. The van der Waals surface area contributed by atoms with Crippen molar-refractivity contribution in [2.45, 2.75) is 26.0 Å². The molecule has 0 radical (unpaired) electrons. The van der Waals surface area contributed by atoms with Crippen molar-refractivity contribution in [2.24, 2.45) is 5.92 Å². The van der Waals surface area contributed by atoms with Crippen molar-refractivity contribution in [3.8, 4) is 0 Å². The van der Waals surface area contributed by atoms with Crippen molar-refractivity contribution >= 4 is 18.0 Å². The van der Waals surface area contributed by atoms with Crippen LogP contribution in [0.3, 0.4) is 0 Å². The van der Waals surface area contributed by atoms with Crippen LogP contribution in [-0.4, -0.2) is 57.4 Å². The molecule has 0 saturated heterocycles. The van der Waals surface area contributed by atoms with Gasteiger partial charge in [0, 0.05) is 6.54 Å². The maximum Gasteiger partial charge on any atom is 0.334 e. The Labute approximate surface area is 139 Å². The number of hydrogen-bond acceptors (Lipinski definition) is 4. The number of carboxylic acid groups (broad SMARTS) is 2. The van der Waals surface area contributed by atoms with Gasteiger partial charge in [-0.1, -0.05) is 44.2 Å². The predicted octanol–water partition coefficient (Wildman–Crippen LogP) is 0.925. The molecule has 132 valence electrons. The van der Waals surface area contributed by atoms with E-state index < -0.39 is 36.7 Å². The molecule has 2 atom stereocenters. The van der Waals surface area contributed by atoms with Gasteiger partial charge in [0.25, 0.3) is 0 Å². The zero-order chi connectivity index (χ0) is 18.3. The minimum atomic E-state index is -1.74. The fraction of sp³-hybridized carbons (Fsp3) is 0.438. The first-order valence-corrected chi connectivity index (χ1v) is 7.46. The molecule has 1 aromatic rings. The van der Waals surface area contributed by atoms with E-state index in [1.54, 1.807) is 30.3 Å². The molecule has 2 amide bonds. The van der Waals surface area contributed by atoms with Gasteiger partial charge in [0.15, 0.2) is 12.1 Å². The van der Waals surface area contributed by atoms with Crippen molar-refractivity contribution < 1.29 is 29.7 Å². The first-order valence-electron chi connectivity index (χ1n) is 7.46. The van der Waals surface area contributed by atoms with Gasteiger partial charge < -0.3 is 25.5 Å². The number of aliphatic carboxylic acids is 2. The number of nitrogens with zero attached hydrogens (tertiary/aromatic N) is 1. The second kappa shape index (κ2) is 8.88. The second-order valence-electron chi connectivity index (χ2n) is 5.78. The Morgan fingerprint density at radius 2 is 1.62 bits per heavy atom. The zero-order valence-electron chi connectivity index (χ0n) is 13.5. The number of urea groups is 1. The summed E-state index contributed by atoms with van der Waals surface area (Å²) in [7, 11) is 0. The van der Waals surface area contributed by atoms with E-state index in [9.17, 15) is 24.6 Å². The van der Waals surface area contributed by atoms with Crippen LogP contribution in [0.25, 0.3) is 0 Å². The summed E-state index contributed by atoms with van der Waals surface area (Å²) in [4.78, 5) is 35.7. The lowest BCUT2D eigenvalue weighted by Gasteiger charge is -2.27. The van der Waals surface area contributed by atoms with Gasteiger partial charge in [-0.2, -0.15) is 0 Å². The van der Waals surface area contributed by atoms with Crippen LogP contribution in [0.2, 0.25) is 0 Å². The average molecular weight is 338 g/mol. The summed E-state index contributed by atoms with van der Waals surface area (Å²) in [5, 5.41) is 30.0. The smallest absolute Gasteiger partial charge is 0.334 e. The van der Waals surface area contributed by atoms with E-state index in [0.717, 1.165) is 4.90 Å². The lowest BCUT2D eigenvalue weighted by atomic mass is 10.1. The van der Waals surface area contributed by atoms with E-state index in [-0.39, 0.29) is 12.5 Å². The Morgan fingerprint density at radius 3 is 2.08 bits per heavy atom. The summed E-state index contributed by atoms with van der Waals surface area (Å²) in [5.41, 5.74) is 0.390. The quantitative estimate of drug-likeness (QED) is 0.558. The van der Waals surface area contributed by atoms with Gasteiger partial charge in [0.2, 0.25) is 0 Å². The number of rotatable bonds is 8. The molecular formula is C16H22N2O6. The largest absolute Gasteiger partial charge is 0.479 e. The summed E-state index contributed by atoms with van der Waals surface area (Å²) >= 11 is 0. The molecule has 2 unspecified atom stereocenters. The van der Waals surface area contributed by atoms with Gasteiger partial charge in [-0.3, -0.25) is 0 Å². The molecule has 0 saturated carbocycles. The first-order chi connectivity index (χ1) is 11.2. The number of carbonyl (C=O) groups is 3. The van der Waals surface area contributed by atoms with E-state index in [2.05, 4.69) is 5.32 Å². The third-order valence-corrected chi connectivity index (χ3v) is 3.20. The highest BCUT2D eigenvalue weighted by atomic mass is 16.4. The van der Waals surface area contributed by atoms with Gasteiger partial charge in [0.05, 0.1) is 6.54 Å². The fourth-order valence-corrected chi connectivity index (χ4v) is 2.12. The summed E-state index contributed by atoms with van der Waals surface area (Å²) in [5.74, 6) is -2.68. The maximum absolute atomic E-state index is 12.4. The average Bonchev–Trinajstić information content (AvgIpc) is 2.51. The number of hydrogen-bond donors (Lipinski definition) is 4. The normalized spacial score (nSPS) is 13.2. The monoisotopic (exact) mass is 338 g/mol. The molecule has 8 heteroatoms. The molecule has 0 aromatic heterocycles. The minimum Gasteiger partial charge on any atom is -0.479 e. The topological polar surface area (TPSA) is 127 Å². The molecule has 0 fully saturated rings. The third-order valence-electron chi connectivity index (χ3n) is 3.20. The van der Waals surface area contributed by atoms with Crippen molar-refractivity contribution in [1.29, 1.82) is 0 Å². The number of amides is 2. The van der Waals surface area contributed by atoms with Gasteiger partial charge in [-0.05, 0) is 11.5 Å². The van der Waals surface area contributed by atoms with Gasteiger partial charge in [0.1, 0.15) is 0 Å². The lowest BCUT2D eigenvalue weighted by molar-refractivity contribution is -0.147. The van der Waals surface area contributed by atoms with Crippen molar-refractivity contribution in [1.82, 2.24) is 10.2 Å². The number of carboxylic acids is 2. The van der Waals surface area contributed by atoms with Crippen LogP contribution in [-0.2, 0) is 9.59 Å². The Kier molecular flexibility index (Phi) is 7.19. The highest BCUT2D eigenvalue weighted by Crippen LogP contribution is 2.14. The van der Waals surface area contributed by atoms with Crippen molar-refractivity contribution in [3.05, 3.63) is 35.9 Å². The number of nitrogens with one attached hydrogen (secondary N) is 1. The zero-order valence-corrected chi connectivity index (χ0v) is 13.5. The molecule has 24 heavy (non-hydrogen) atoms. The number of benzene rings is 1. The lowest BCUT2D eigenvalue weighted by Crippen LogP contribution is -2.49. The van der Waals surface area contributed by atoms with Crippen LogP contribution in [0.1, 0.15) is 25.5 Å². The summed E-state index contributed by atoms with van der Waals surface area (Å²) in [6.07, 6.45) is -1.74. The van der Waals surface area contributed by atoms with Gasteiger partial charge in [-0.15, -0.1) is 0 Å². The molecule has 1 aromatic carbocycles. The maximum atomic E-state index is 12.4. The predicted molar refractivity (Wildman–Crippen MR) is 85.4 cm³/mol. The standard InChI is InChI=1S/C16H22N2O6/c1-10(2)8-18(9-12(19)14(20)21)16(24)17-13(15(22)23)11-6-4-3-5-7-11/h3-7,10,12-13,19H,8-9H2,1-2H3,(H,17,24)(H,20,21)(H,22,23). The Bertz CT molecular complexity index is 575. The Morgan fingerprint density at radius 1 is 1.04 bits per heavy atom. The van der Waals surface area contributed by atoms with E-state index in [1.165, 1.54) is 0 Å². The van der Waals surface area contributed by atoms with Crippen LogP contribution in [0.15, 0.2) is 30.3 Å². The molecule has 0 aliphatic heterocycles. The molecule has 0 spiro atoms. The van der Waals surface area contributed by atoms with E-state index in [0.29, 0.717) is 5.56 Å². The molecule has 0 aliphatic carbocycles. The van der Waals surface area contributed by atoms with E-state index in [4.69, 9.17) is 5.11 Å². The first kappa shape index (κ1) is 19.4. The van der Waals surface area contributed by atoms with E-state index >= 15 is 0 Å². The molecular weight excluding hydrogens is 316 g/mol. The van der Waals surface area contributed by atoms with Gasteiger partial charge >= 0.3 is 18.0 Å². The Hall–Kier alpha value is -2.61. The number of carbonyl (C=O) groups excluding carboxylic acids is 1. The molecule has 0 aliphatic rings. The highest BCUT2D eigenvalue weighted by molar-refractivity contribution is 5.84. The number of aliphatic hydroxyl groups is 1. The van der Waals surface area contributed by atoms with Crippen LogP contribution >= 0.6 is 0 Å². The van der Waals surface area contributed by atoms with Crippen LogP contribution in [0.5, 0.6) is 0 Å². The summed E-state index contributed by atoms with van der Waals surface area (Å²) < 4.78 is 0. The number of aliphatic hydroxyl groups excluding tert-OH is 1. The molecule has 0 bridgehead atoms. The van der Waals surface area contributed by atoms with Crippen molar-refractivity contribution in [3.63, 3.8) is 0 Å². The molecule has 8 nitrogen and oxygen atoms in total. The van der Waals surface area contributed by atoms with Crippen molar-refractivity contribution in [2.75, 3.05) is 13.1 Å². The highest BCUT2D eigenvalue weighted by Gasteiger charge is 2.27. The summed E-state index contributed by atoms with van der Waals surface area (Å²) in [6, 6.07) is 6.14. The van der Waals surface area contributed by atoms with Crippen LogP contribution in [0, 0.1) is 5.92 Å². The minimum absolute atomic E-state index is 0.0109. The molecule has 1 rings (SSSR count). The molecule has 4 N–H and O–H groups in total.